The van der Waals surface area contributed by atoms with Crippen LogP contribution in [-0.2, 0) is 0 Å². The van der Waals surface area contributed by atoms with Gasteiger partial charge in [-0.15, -0.1) is 0 Å². The molecule has 5 nitrogen and oxygen atoms in total. The third-order valence-corrected chi connectivity index (χ3v) is 9.57. The number of aliphatic imine (C=N–C) groups is 2. The molecule has 0 fully saturated rings. The Labute approximate surface area is 287 Å². The molecule has 236 valence electrons. The fraction of sp³-hybridized carbons (Fsp3) is 0.0222. The molecule has 50 heavy (non-hydrogen) atoms. The first-order valence-corrected chi connectivity index (χ1v) is 16.8. The van der Waals surface area contributed by atoms with Crippen LogP contribution in [0.2, 0.25) is 0 Å². The molecule has 10 rings (SSSR count). The van der Waals surface area contributed by atoms with Gasteiger partial charge in [-0.05, 0) is 35.4 Å². The first kappa shape index (κ1) is 28.3. The van der Waals surface area contributed by atoms with Gasteiger partial charge in [-0.25, -0.2) is 9.98 Å². The maximum atomic E-state index is 6.62. The summed E-state index contributed by atoms with van der Waals surface area (Å²) in [4.78, 5) is 10.7. The Bertz CT molecular complexity index is 2780. The number of fused-ring (bicyclic) bond motifs is 6. The van der Waals surface area contributed by atoms with Crippen LogP contribution < -0.4 is 5.32 Å². The highest BCUT2D eigenvalue weighted by molar-refractivity contribution is 6.25. The lowest BCUT2D eigenvalue weighted by Gasteiger charge is -2.23. The SMILES string of the molecule is c1ccc(C2=NC(c3cccc4oc5c(-c6ccccc6)cccc5c34)N=C(c3ccc(-c4ccccc4)c4oc5ccccc5c34)N2)cc1. The Balaban J connectivity index is 1.21. The summed E-state index contributed by atoms with van der Waals surface area (Å²) in [7, 11) is 0. The van der Waals surface area contributed by atoms with E-state index < -0.39 is 6.17 Å². The minimum atomic E-state index is -0.534. The lowest BCUT2D eigenvalue weighted by atomic mass is 9.97. The van der Waals surface area contributed by atoms with E-state index in [1.54, 1.807) is 0 Å². The van der Waals surface area contributed by atoms with Gasteiger partial charge in [0.05, 0.1) is 0 Å². The topological polar surface area (TPSA) is 63.0 Å². The Morgan fingerprint density at radius 1 is 0.400 bits per heavy atom. The molecule has 0 spiro atoms. The predicted molar refractivity (Wildman–Crippen MR) is 204 cm³/mol. The fourth-order valence-corrected chi connectivity index (χ4v) is 7.27. The van der Waals surface area contributed by atoms with Crippen molar-refractivity contribution in [2.75, 3.05) is 0 Å². The second-order valence-corrected chi connectivity index (χ2v) is 12.5. The van der Waals surface area contributed by atoms with Gasteiger partial charge in [0.1, 0.15) is 34.0 Å². The predicted octanol–water partition coefficient (Wildman–Crippen LogP) is 11.3. The number of nitrogens with zero attached hydrogens (tertiary/aromatic N) is 2. The number of furan rings is 2. The summed E-state index contributed by atoms with van der Waals surface area (Å²) >= 11 is 0. The molecule has 1 aliphatic heterocycles. The summed E-state index contributed by atoms with van der Waals surface area (Å²) in [6, 6.07) is 56.0. The zero-order chi connectivity index (χ0) is 33.0. The van der Waals surface area contributed by atoms with Gasteiger partial charge in [-0.2, -0.15) is 0 Å². The molecule has 0 saturated carbocycles. The van der Waals surface area contributed by atoms with Crippen molar-refractivity contribution in [1.29, 1.82) is 0 Å². The van der Waals surface area contributed by atoms with Crippen LogP contribution in [0.1, 0.15) is 22.9 Å². The summed E-state index contributed by atoms with van der Waals surface area (Å²) < 4.78 is 13.2. The number of hydrogen-bond acceptors (Lipinski definition) is 5. The smallest absolute Gasteiger partial charge is 0.170 e. The minimum absolute atomic E-state index is 0.534. The molecule has 3 heterocycles. The minimum Gasteiger partial charge on any atom is -0.455 e. The summed E-state index contributed by atoms with van der Waals surface area (Å²) in [6.07, 6.45) is -0.534. The lowest BCUT2D eigenvalue weighted by Crippen LogP contribution is -2.36. The fourth-order valence-electron chi connectivity index (χ4n) is 7.27. The highest BCUT2D eigenvalue weighted by atomic mass is 16.3. The van der Waals surface area contributed by atoms with E-state index in [0.717, 1.165) is 94.5 Å². The van der Waals surface area contributed by atoms with Gasteiger partial charge in [-0.3, -0.25) is 0 Å². The second-order valence-electron chi connectivity index (χ2n) is 12.5. The van der Waals surface area contributed by atoms with Gasteiger partial charge >= 0.3 is 0 Å². The quantitative estimate of drug-likeness (QED) is 0.203. The number of hydrogen-bond donors (Lipinski definition) is 1. The Morgan fingerprint density at radius 2 is 0.960 bits per heavy atom. The molecule has 0 amide bonds. The maximum absolute atomic E-state index is 6.62. The zero-order valence-electron chi connectivity index (χ0n) is 26.9. The third-order valence-electron chi connectivity index (χ3n) is 9.57. The van der Waals surface area contributed by atoms with Gasteiger partial charge in [0.15, 0.2) is 6.17 Å². The molecular weight excluding hydrogens is 615 g/mol. The molecule has 2 aromatic heterocycles. The molecule has 1 atom stereocenters. The Hall–Kier alpha value is -6.72. The van der Waals surface area contributed by atoms with E-state index in [-0.39, 0.29) is 0 Å². The van der Waals surface area contributed by atoms with Crippen molar-refractivity contribution in [1.82, 2.24) is 5.32 Å². The summed E-state index contributed by atoms with van der Waals surface area (Å²) in [6.45, 7) is 0. The van der Waals surface area contributed by atoms with Crippen LogP contribution in [0.3, 0.4) is 0 Å². The van der Waals surface area contributed by atoms with Crippen molar-refractivity contribution >= 4 is 55.5 Å². The van der Waals surface area contributed by atoms with Crippen LogP contribution in [0.25, 0.3) is 66.1 Å². The third kappa shape index (κ3) is 4.55. The van der Waals surface area contributed by atoms with Crippen molar-refractivity contribution < 1.29 is 8.83 Å². The molecule has 5 heteroatoms. The molecule has 7 aromatic carbocycles. The van der Waals surface area contributed by atoms with E-state index >= 15 is 0 Å². The first-order chi connectivity index (χ1) is 24.8. The van der Waals surface area contributed by atoms with Crippen molar-refractivity contribution in [2.45, 2.75) is 6.17 Å². The van der Waals surface area contributed by atoms with Gasteiger partial charge in [0, 0.05) is 49.4 Å². The molecule has 0 aliphatic carbocycles. The van der Waals surface area contributed by atoms with Gasteiger partial charge < -0.3 is 14.2 Å². The van der Waals surface area contributed by atoms with E-state index in [0.29, 0.717) is 0 Å². The molecule has 0 bridgehead atoms. The molecular formula is C45H29N3O2. The molecule has 0 saturated heterocycles. The second kappa shape index (κ2) is 11.5. The Morgan fingerprint density at radius 3 is 1.72 bits per heavy atom. The normalized spacial score (nSPS) is 14.6. The summed E-state index contributed by atoms with van der Waals surface area (Å²) in [5, 5.41) is 7.75. The van der Waals surface area contributed by atoms with Crippen LogP contribution in [0.15, 0.2) is 183 Å². The monoisotopic (exact) mass is 643 g/mol. The van der Waals surface area contributed by atoms with Crippen LogP contribution in [0.4, 0.5) is 0 Å². The maximum Gasteiger partial charge on any atom is 0.170 e. The van der Waals surface area contributed by atoms with Crippen LogP contribution >= 0.6 is 0 Å². The van der Waals surface area contributed by atoms with Crippen LogP contribution in [-0.4, -0.2) is 11.7 Å². The van der Waals surface area contributed by atoms with Gasteiger partial charge in [-0.1, -0.05) is 140 Å². The molecule has 0 radical (unpaired) electrons. The summed E-state index contributed by atoms with van der Waals surface area (Å²) in [5.41, 5.74) is 10.5. The van der Waals surface area contributed by atoms with Crippen LogP contribution in [0.5, 0.6) is 0 Å². The van der Waals surface area contributed by atoms with Crippen molar-refractivity contribution in [2.24, 2.45) is 9.98 Å². The van der Waals surface area contributed by atoms with Gasteiger partial charge in [0.2, 0.25) is 0 Å². The van der Waals surface area contributed by atoms with E-state index in [2.05, 4.69) is 115 Å². The van der Waals surface area contributed by atoms with Crippen molar-refractivity contribution in [3.05, 3.63) is 180 Å². The first-order valence-electron chi connectivity index (χ1n) is 16.8. The average Bonchev–Trinajstić information content (AvgIpc) is 3.78. The van der Waals surface area contributed by atoms with Crippen LogP contribution in [0, 0.1) is 0 Å². The average molecular weight is 644 g/mol. The summed E-state index contributed by atoms with van der Waals surface area (Å²) in [5.74, 6) is 1.48. The Kier molecular flexibility index (Phi) is 6.49. The van der Waals surface area contributed by atoms with Gasteiger partial charge in [0.25, 0.3) is 0 Å². The highest BCUT2D eigenvalue weighted by Gasteiger charge is 2.27. The number of amidine groups is 2. The molecule has 1 aliphatic rings. The van der Waals surface area contributed by atoms with Crippen molar-refractivity contribution in [3.63, 3.8) is 0 Å². The molecule has 9 aromatic rings. The van der Waals surface area contributed by atoms with E-state index in [1.165, 1.54) is 0 Å². The lowest BCUT2D eigenvalue weighted by molar-refractivity contribution is 0.668. The van der Waals surface area contributed by atoms with E-state index in [9.17, 15) is 0 Å². The zero-order valence-corrected chi connectivity index (χ0v) is 26.9. The number of benzene rings is 7. The highest BCUT2D eigenvalue weighted by Crippen LogP contribution is 2.42. The van der Waals surface area contributed by atoms with E-state index in [1.807, 2.05) is 54.6 Å². The standard InChI is InChI=1S/C45H29N3O2/c1-4-14-28(15-5-1)31-21-12-22-34-39-35(23-13-25-38(39)50-41(31)34)44-46-43(30-18-8-3-9-19-30)47-45(48-44)36-27-26-32(29-16-6-2-7-17-29)42-40(36)33-20-10-11-24-37(33)49-42/h1-27,44H,(H,46,47,48). The molecule has 1 unspecified atom stereocenters. The van der Waals surface area contributed by atoms with E-state index in [4.69, 9.17) is 18.8 Å². The number of rotatable bonds is 5. The number of nitrogens with one attached hydrogen (secondary N) is 1. The number of para-hydroxylation sites is 2. The largest absolute Gasteiger partial charge is 0.455 e. The van der Waals surface area contributed by atoms with Crippen molar-refractivity contribution in [3.8, 4) is 22.3 Å². The molecule has 1 N–H and O–H groups in total.